The Labute approximate surface area is 178 Å². The van der Waals surface area contributed by atoms with Crippen molar-refractivity contribution in [2.45, 2.75) is 25.9 Å². The Balaban J connectivity index is 1.32. The van der Waals surface area contributed by atoms with Crippen molar-refractivity contribution in [3.8, 4) is 11.4 Å². The predicted molar refractivity (Wildman–Crippen MR) is 114 cm³/mol. The Morgan fingerprint density at radius 1 is 1.21 bits per heavy atom. The molecule has 1 saturated heterocycles. The van der Waals surface area contributed by atoms with Gasteiger partial charge in [0.25, 0.3) is 0 Å². The summed E-state index contributed by atoms with van der Waals surface area (Å²) in [7, 11) is 0. The number of hydrogen-bond acceptors (Lipinski definition) is 5. The zero-order chi connectivity index (χ0) is 20.1. The van der Waals surface area contributed by atoms with E-state index in [0.29, 0.717) is 31.3 Å². The summed E-state index contributed by atoms with van der Waals surface area (Å²) >= 11 is 3.46. The highest BCUT2D eigenvalue weighted by atomic mass is 79.9. The highest BCUT2D eigenvalue weighted by Crippen LogP contribution is 2.22. The fourth-order valence-corrected chi connectivity index (χ4v) is 4.00. The smallest absolute Gasteiger partial charge is 0.241 e. The largest absolute Gasteiger partial charge is 0.352 e. The second-order valence-corrected chi connectivity index (χ2v) is 8.22. The normalized spacial score (nSPS) is 17.2. The summed E-state index contributed by atoms with van der Waals surface area (Å²) in [6.07, 6.45) is 1.89. The maximum absolute atomic E-state index is 12.6. The van der Waals surface area contributed by atoms with Crippen LogP contribution in [0.15, 0.2) is 63.6 Å². The quantitative estimate of drug-likeness (QED) is 0.608. The van der Waals surface area contributed by atoms with E-state index in [1.54, 1.807) is 0 Å². The lowest BCUT2D eigenvalue weighted by molar-refractivity contribution is -0.127. The van der Waals surface area contributed by atoms with E-state index >= 15 is 0 Å². The molecule has 1 unspecified atom stereocenters. The van der Waals surface area contributed by atoms with Crippen LogP contribution >= 0.6 is 15.9 Å². The van der Waals surface area contributed by atoms with Gasteiger partial charge in [-0.15, -0.1) is 0 Å². The molecule has 150 valence electrons. The molecule has 4 rings (SSSR count). The molecular formula is C22H23BrN4O2. The summed E-state index contributed by atoms with van der Waals surface area (Å²) in [6, 6.07) is 17.8. The van der Waals surface area contributed by atoms with Gasteiger partial charge in [0, 0.05) is 23.1 Å². The molecule has 7 heteroatoms. The number of rotatable bonds is 6. The number of nitrogens with one attached hydrogen (secondary N) is 1. The van der Waals surface area contributed by atoms with E-state index in [1.165, 1.54) is 0 Å². The first-order chi connectivity index (χ1) is 14.2. The van der Waals surface area contributed by atoms with E-state index in [2.05, 4.69) is 36.3 Å². The first kappa shape index (κ1) is 19.8. The van der Waals surface area contributed by atoms with Crippen LogP contribution in [-0.2, 0) is 17.9 Å². The highest BCUT2D eigenvalue weighted by Gasteiger charge is 2.26. The Bertz CT molecular complexity index is 960. The monoisotopic (exact) mass is 454 g/mol. The first-order valence-electron chi connectivity index (χ1n) is 9.80. The first-order valence-corrected chi connectivity index (χ1v) is 10.6. The number of hydrogen-bond donors (Lipinski definition) is 1. The van der Waals surface area contributed by atoms with Gasteiger partial charge in [-0.1, -0.05) is 63.6 Å². The number of aromatic nitrogens is 2. The molecule has 1 aliphatic rings. The second kappa shape index (κ2) is 9.33. The van der Waals surface area contributed by atoms with Gasteiger partial charge in [-0.2, -0.15) is 4.98 Å². The van der Waals surface area contributed by atoms with Crippen molar-refractivity contribution in [2.24, 2.45) is 5.92 Å². The van der Waals surface area contributed by atoms with Gasteiger partial charge in [-0.25, -0.2) is 0 Å². The molecule has 1 N–H and O–H groups in total. The SMILES string of the molecule is O=C(NCc1ccccc1)C1CCCN(Cc2nc(-c3cccc(Br)c3)no2)C1. The van der Waals surface area contributed by atoms with Gasteiger partial charge in [-0.05, 0) is 37.1 Å². The molecule has 0 aliphatic carbocycles. The fourth-order valence-electron chi connectivity index (χ4n) is 3.60. The number of halogens is 1. The van der Waals surface area contributed by atoms with Crippen LogP contribution in [0.5, 0.6) is 0 Å². The minimum atomic E-state index is -0.0140. The second-order valence-electron chi connectivity index (χ2n) is 7.30. The van der Waals surface area contributed by atoms with Crippen LogP contribution in [0.2, 0.25) is 0 Å². The van der Waals surface area contributed by atoms with E-state index in [0.717, 1.165) is 35.0 Å². The molecule has 1 amide bonds. The lowest BCUT2D eigenvalue weighted by atomic mass is 9.97. The van der Waals surface area contributed by atoms with Crippen molar-refractivity contribution >= 4 is 21.8 Å². The lowest BCUT2D eigenvalue weighted by Crippen LogP contribution is -2.42. The third-order valence-corrected chi connectivity index (χ3v) is 5.59. The molecular weight excluding hydrogens is 432 g/mol. The molecule has 0 spiro atoms. The number of likely N-dealkylation sites (tertiary alicyclic amines) is 1. The van der Waals surface area contributed by atoms with Gasteiger partial charge >= 0.3 is 0 Å². The van der Waals surface area contributed by atoms with Gasteiger partial charge in [-0.3, -0.25) is 9.69 Å². The van der Waals surface area contributed by atoms with Crippen LogP contribution < -0.4 is 5.32 Å². The summed E-state index contributed by atoms with van der Waals surface area (Å²) in [4.78, 5) is 19.3. The Morgan fingerprint density at radius 2 is 2.07 bits per heavy atom. The molecule has 0 saturated carbocycles. The van der Waals surface area contributed by atoms with Crippen molar-refractivity contribution in [1.82, 2.24) is 20.4 Å². The molecule has 6 nitrogen and oxygen atoms in total. The van der Waals surface area contributed by atoms with Crippen molar-refractivity contribution < 1.29 is 9.32 Å². The number of carbonyl (C=O) groups is 1. The predicted octanol–water partition coefficient (Wildman–Crippen LogP) is 4.03. The molecule has 1 fully saturated rings. The summed E-state index contributed by atoms with van der Waals surface area (Å²) in [5.41, 5.74) is 2.02. The van der Waals surface area contributed by atoms with E-state index in [9.17, 15) is 4.79 Å². The van der Waals surface area contributed by atoms with Gasteiger partial charge in [0.2, 0.25) is 17.6 Å². The zero-order valence-corrected chi connectivity index (χ0v) is 17.6. The third kappa shape index (κ3) is 5.31. The van der Waals surface area contributed by atoms with Gasteiger partial charge in [0.1, 0.15) is 0 Å². The molecule has 1 atom stereocenters. The third-order valence-electron chi connectivity index (χ3n) is 5.10. The maximum Gasteiger partial charge on any atom is 0.241 e. The average molecular weight is 455 g/mol. The van der Waals surface area contributed by atoms with Crippen LogP contribution in [-0.4, -0.2) is 34.0 Å². The molecule has 29 heavy (non-hydrogen) atoms. The Morgan fingerprint density at radius 3 is 2.90 bits per heavy atom. The van der Waals surface area contributed by atoms with E-state index in [4.69, 9.17) is 4.52 Å². The molecule has 0 bridgehead atoms. The molecule has 1 aromatic heterocycles. The Kier molecular flexibility index (Phi) is 6.36. The zero-order valence-electron chi connectivity index (χ0n) is 16.1. The molecule has 2 heterocycles. The van der Waals surface area contributed by atoms with Crippen LogP contribution in [0, 0.1) is 5.92 Å². The van der Waals surface area contributed by atoms with Crippen LogP contribution in [0.25, 0.3) is 11.4 Å². The van der Waals surface area contributed by atoms with Crippen LogP contribution in [0.3, 0.4) is 0 Å². The van der Waals surface area contributed by atoms with Crippen molar-refractivity contribution in [3.05, 3.63) is 70.5 Å². The van der Waals surface area contributed by atoms with Gasteiger partial charge in [0.15, 0.2) is 0 Å². The summed E-state index contributed by atoms with van der Waals surface area (Å²) in [5.74, 6) is 1.25. The lowest BCUT2D eigenvalue weighted by Gasteiger charge is -2.30. The number of piperidine rings is 1. The highest BCUT2D eigenvalue weighted by molar-refractivity contribution is 9.10. The molecule has 1 aliphatic heterocycles. The van der Waals surface area contributed by atoms with Crippen molar-refractivity contribution in [1.29, 1.82) is 0 Å². The number of amides is 1. The molecule has 0 radical (unpaired) electrons. The van der Waals surface area contributed by atoms with E-state index in [1.807, 2.05) is 54.6 Å². The summed E-state index contributed by atoms with van der Waals surface area (Å²) < 4.78 is 6.42. The number of nitrogens with zero attached hydrogens (tertiary/aromatic N) is 3. The van der Waals surface area contributed by atoms with E-state index < -0.39 is 0 Å². The van der Waals surface area contributed by atoms with Crippen molar-refractivity contribution in [3.63, 3.8) is 0 Å². The minimum Gasteiger partial charge on any atom is -0.352 e. The topological polar surface area (TPSA) is 71.3 Å². The number of carbonyl (C=O) groups excluding carboxylic acids is 1. The minimum absolute atomic E-state index is 0.0140. The van der Waals surface area contributed by atoms with Gasteiger partial charge in [0.05, 0.1) is 12.5 Å². The summed E-state index contributed by atoms with van der Waals surface area (Å²) in [6.45, 7) is 2.76. The van der Waals surface area contributed by atoms with Crippen molar-refractivity contribution in [2.75, 3.05) is 13.1 Å². The van der Waals surface area contributed by atoms with Crippen LogP contribution in [0.4, 0.5) is 0 Å². The van der Waals surface area contributed by atoms with Crippen LogP contribution in [0.1, 0.15) is 24.3 Å². The van der Waals surface area contributed by atoms with E-state index in [-0.39, 0.29) is 11.8 Å². The number of benzene rings is 2. The average Bonchev–Trinajstić information content (AvgIpc) is 3.21. The Hall–Kier alpha value is -2.51. The molecule has 2 aromatic carbocycles. The fraction of sp³-hybridized carbons (Fsp3) is 0.318. The van der Waals surface area contributed by atoms with Gasteiger partial charge < -0.3 is 9.84 Å². The maximum atomic E-state index is 12.6. The summed E-state index contributed by atoms with van der Waals surface area (Å²) in [5, 5.41) is 7.16. The standard InChI is InChI=1S/C22H23BrN4O2/c23-19-10-4-8-17(12-19)21-25-20(29-26-21)15-27-11-5-9-18(14-27)22(28)24-13-16-6-2-1-3-7-16/h1-4,6-8,10,12,18H,5,9,11,13-15H2,(H,24,28). The molecule has 3 aromatic rings.